The molecule has 0 saturated heterocycles. The van der Waals surface area contributed by atoms with Gasteiger partial charge in [-0.25, -0.2) is 4.98 Å². The summed E-state index contributed by atoms with van der Waals surface area (Å²) in [7, 11) is 0. The lowest BCUT2D eigenvalue weighted by atomic mass is 10.1. The van der Waals surface area contributed by atoms with Crippen LogP contribution < -0.4 is 5.32 Å². The number of nitrogens with zero attached hydrogens (tertiary/aromatic N) is 1. The van der Waals surface area contributed by atoms with E-state index < -0.39 is 0 Å². The minimum atomic E-state index is -0.119. The van der Waals surface area contributed by atoms with Crippen molar-refractivity contribution >= 4 is 34.9 Å². The van der Waals surface area contributed by atoms with E-state index in [9.17, 15) is 4.79 Å². The van der Waals surface area contributed by atoms with Crippen LogP contribution in [0, 0.1) is 17.3 Å². The zero-order chi connectivity index (χ0) is 13.3. The van der Waals surface area contributed by atoms with Gasteiger partial charge in [-0.15, -0.1) is 0 Å². The minimum Gasteiger partial charge on any atom is -0.310 e. The molecule has 1 aliphatic carbocycles. The second-order valence-corrected chi connectivity index (χ2v) is 5.99. The van der Waals surface area contributed by atoms with Gasteiger partial charge in [0.1, 0.15) is 10.3 Å². The van der Waals surface area contributed by atoms with Gasteiger partial charge in [0.05, 0.1) is 5.92 Å². The van der Waals surface area contributed by atoms with E-state index >= 15 is 0 Å². The van der Waals surface area contributed by atoms with Crippen LogP contribution in [0.5, 0.6) is 0 Å². The van der Waals surface area contributed by atoms with Crippen LogP contribution in [0.3, 0.4) is 0 Å². The zero-order valence-corrected chi connectivity index (χ0v) is 11.7. The molecular weight excluding hydrogens is 271 g/mol. The van der Waals surface area contributed by atoms with Crippen molar-refractivity contribution in [2.75, 3.05) is 5.32 Å². The fourth-order valence-corrected chi connectivity index (χ4v) is 2.54. The van der Waals surface area contributed by atoms with Gasteiger partial charge in [-0.1, -0.05) is 43.1 Å². The van der Waals surface area contributed by atoms with Crippen molar-refractivity contribution < 1.29 is 4.79 Å². The van der Waals surface area contributed by atoms with Crippen molar-refractivity contribution in [3.8, 4) is 0 Å². The van der Waals surface area contributed by atoms with Gasteiger partial charge in [0, 0.05) is 6.20 Å². The van der Waals surface area contributed by atoms with Gasteiger partial charge in [-0.05, 0) is 29.5 Å². The van der Waals surface area contributed by atoms with Crippen molar-refractivity contribution in [2.24, 2.45) is 17.3 Å². The smallest absolute Gasteiger partial charge is 0.229 e. The van der Waals surface area contributed by atoms with Crippen LogP contribution in [0.4, 0.5) is 5.82 Å². The fourth-order valence-electron chi connectivity index (χ4n) is 2.27. The third kappa shape index (κ3) is 2.68. The molecule has 2 unspecified atom stereocenters. The number of rotatable bonds is 3. The maximum Gasteiger partial charge on any atom is 0.229 e. The molecule has 96 valence electrons. The average molecular weight is 285 g/mol. The first-order chi connectivity index (χ1) is 8.43. The van der Waals surface area contributed by atoms with E-state index in [1.54, 1.807) is 24.4 Å². The zero-order valence-electron chi connectivity index (χ0n) is 10.2. The van der Waals surface area contributed by atoms with Crippen LogP contribution in [-0.2, 0) is 4.79 Å². The Bertz CT molecular complexity index is 481. The molecule has 0 aliphatic heterocycles. The van der Waals surface area contributed by atoms with Gasteiger partial charge in [-0.2, -0.15) is 0 Å². The molecule has 1 heterocycles. The van der Waals surface area contributed by atoms with Gasteiger partial charge < -0.3 is 5.32 Å². The molecule has 3 nitrogen and oxygen atoms in total. The number of anilines is 1. The molecular formula is C13H14Cl2N2O. The van der Waals surface area contributed by atoms with Crippen LogP contribution in [0.15, 0.2) is 35.0 Å². The summed E-state index contributed by atoms with van der Waals surface area (Å²) in [6.45, 7) is 4.04. The molecule has 2 atom stereocenters. The summed E-state index contributed by atoms with van der Waals surface area (Å²) in [6, 6.07) is 5.38. The number of amides is 1. The summed E-state index contributed by atoms with van der Waals surface area (Å²) in [5.74, 6) is 0.470. The first-order valence-electron chi connectivity index (χ1n) is 5.67. The number of aromatic nitrogens is 1. The maximum atomic E-state index is 12.1. The summed E-state index contributed by atoms with van der Waals surface area (Å²) in [4.78, 5) is 16.2. The van der Waals surface area contributed by atoms with Gasteiger partial charge in [0.15, 0.2) is 0 Å². The van der Waals surface area contributed by atoms with Crippen LogP contribution in [0.25, 0.3) is 0 Å². The second-order valence-electron chi connectivity index (χ2n) is 4.99. The van der Waals surface area contributed by atoms with Crippen molar-refractivity contribution in [1.82, 2.24) is 4.98 Å². The van der Waals surface area contributed by atoms with E-state index in [4.69, 9.17) is 23.2 Å². The van der Waals surface area contributed by atoms with Gasteiger partial charge in [-0.3, -0.25) is 4.79 Å². The molecule has 0 spiro atoms. The van der Waals surface area contributed by atoms with E-state index in [0.717, 1.165) is 0 Å². The lowest BCUT2D eigenvalue weighted by Gasteiger charge is -2.04. The van der Waals surface area contributed by atoms with E-state index in [1.807, 2.05) is 19.9 Å². The molecule has 5 heteroatoms. The molecule has 18 heavy (non-hydrogen) atoms. The predicted octanol–water partition coefficient (Wildman–Crippen LogP) is 3.61. The Morgan fingerprint density at radius 1 is 1.44 bits per heavy atom. The van der Waals surface area contributed by atoms with Crippen LogP contribution in [-0.4, -0.2) is 10.9 Å². The Labute approximate surface area is 116 Å². The molecule has 1 aromatic rings. The van der Waals surface area contributed by atoms with Crippen molar-refractivity contribution in [1.29, 1.82) is 0 Å². The molecule has 0 bridgehead atoms. The number of carbonyl (C=O) groups excluding carboxylic acids is 1. The fraction of sp³-hybridized carbons (Fsp3) is 0.385. The first kappa shape index (κ1) is 13.4. The highest BCUT2D eigenvalue weighted by atomic mass is 35.5. The Hall–Kier alpha value is -1.06. The van der Waals surface area contributed by atoms with Gasteiger partial charge in [0.2, 0.25) is 5.91 Å². The Kier molecular flexibility index (Phi) is 3.64. The van der Waals surface area contributed by atoms with E-state index in [1.165, 1.54) is 0 Å². The highest BCUT2D eigenvalue weighted by Gasteiger charge is 2.60. The summed E-state index contributed by atoms with van der Waals surface area (Å²) in [6.07, 6.45) is 3.37. The normalized spacial score (nSPS) is 24.2. The maximum absolute atomic E-state index is 12.1. The lowest BCUT2D eigenvalue weighted by molar-refractivity contribution is -0.118. The molecule has 2 rings (SSSR count). The highest BCUT2D eigenvalue weighted by Crippen LogP contribution is 2.59. The molecule has 1 fully saturated rings. The first-order valence-corrected chi connectivity index (χ1v) is 6.43. The number of hydrogen-bond acceptors (Lipinski definition) is 2. The Balaban J connectivity index is 2.05. The third-order valence-corrected chi connectivity index (χ3v) is 3.67. The summed E-state index contributed by atoms with van der Waals surface area (Å²) < 4.78 is 0.209. The van der Waals surface area contributed by atoms with Gasteiger partial charge in [0.25, 0.3) is 0 Å². The third-order valence-electron chi connectivity index (χ3n) is 3.41. The number of hydrogen-bond donors (Lipinski definition) is 1. The minimum absolute atomic E-state index is 0.0467. The van der Waals surface area contributed by atoms with Crippen LogP contribution in [0.2, 0.25) is 0 Å². The quantitative estimate of drug-likeness (QED) is 0.921. The summed E-state index contributed by atoms with van der Waals surface area (Å²) in [5, 5.41) is 2.80. The Morgan fingerprint density at radius 3 is 2.72 bits per heavy atom. The molecule has 1 amide bonds. The molecule has 1 N–H and O–H groups in total. The molecule has 0 radical (unpaired) electrons. The van der Waals surface area contributed by atoms with E-state index in [2.05, 4.69) is 10.3 Å². The van der Waals surface area contributed by atoms with Crippen molar-refractivity contribution in [3.63, 3.8) is 0 Å². The topological polar surface area (TPSA) is 42.0 Å². The number of halogens is 2. The number of nitrogens with one attached hydrogen (secondary N) is 1. The van der Waals surface area contributed by atoms with Crippen molar-refractivity contribution in [2.45, 2.75) is 13.8 Å². The van der Waals surface area contributed by atoms with Gasteiger partial charge >= 0.3 is 0 Å². The number of allylic oxidation sites excluding steroid dienone is 1. The number of pyridine rings is 1. The molecule has 1 aromatic heterocycles. The Morgan fingerprint density at radius 2 is 2.17 bits per heavy atom. The number of carbonyl (C=O) groups is 1. The predicted molar refractivity (Wildman–Crippen MR) is 73.4 cm³/mol. The van der Waals surface area contributed by atoms with Crippen molar-refractivity contribution in [3.05, 3.63) is 35.0 Å². The van der Waals surface area contributed by atoms with Crippen LogP contribution in [0.1, 0.15) is 13.8 Å². The second kappa shape index (κ2) is 4.90. The van der Waals surface area contributed by atoms with Crippen LogP contribution >= 0.6 is 23.2 Å². The highest BCUT2D eigenvalue weighted by molar-refractivity contribution is 6.55. The molecule has 1 aliphatic rings. The summed E-state index contributed by atoms with van der Waals surface area (Å²) in [5.41, 5.74) is -0.117. The van der Waals surface area contributed by atoms with E-state index in [-0.39, 0.29) is 27.6 Å². The molecule has 0 aromatic carbocycles. The lowest BCUT2D eigenvalue weighted by Crippen LogP contribution is -2.17. The SMILES string of the molecule is CC1(C)C(C=C(Cl)Cl)C1C(=O)Nc1ccccn1. The molecule has 1 saturated carbocycles. The standard InChI is InChI=1S/C13H14Cl2N2O/c1-13(2)8(7-9(14)15)11(13)12(18)17-10-5-3-4-6-16-10/h3-8,11H,1-2H3,(H,16,17,18). The summed E-state index contributed by atoms with van der Waals surface area (Å²) >= 11 is 11.3. The average Bonchev–Trinajstić information content (AvgIpc) is 2.80. The monoisotopic (exact) mass is 284 g/mol. The largest absolute Gasteiger partial charge is 0.310 e. The van der Waals surface area contributed by atoms with E-state index in [0.29, 0.717) is 5.82 Å².